The lowest BCUT2D eigenvalue weighted by Crippen LogP contribution is -2.44. The fourth-order valence-corrected chi connectivity index (χ4v) is 4.64. The minimum absolute atomic E-state index is 0.0202. The summed E-state index contributed by atoms with van der Waals surface area (Å²) in [7, 11) is 0. The standard InChI is InChI=1S/C24H23Br2ClN4O3/c1-15(10-23(32)16-2-4-17(25)5-3-16)11-24(33)30-8-9-34-14-22(30)21-13-31(29-28-21)18-6-7-20(27)19(26)12-18/h2-7,12-13,15,22H,8-11,14H2,1H3. The molecule has 0 spiro atoms. The van der Waals surface area contributed by atoms with Crippen LogP contribution in [0.25, 0.3) is 5.69 Å². The molecule has 2 aromatic carbocycles. The molecule has 10 heteroatoms. The fraction of sp³-hybridized carbons (Fsp3) is 0.333. The molecule has 0 N–H and O–H groups in total. The van der Waals surface area contributed by atoms with Crippen LogP contribution in [0.2, 0.25) is 5.02 Å². The molecule has 1 amide bonds. The molecular weight excluding hydrogens is 588 g/mol. The van der Waals surface area contributed by atoms with Crippen molar-refractivity contribution in [3.8, 4) is 5.69 Å². The van der Waals surface area contributed by atoms with Gasteiger partial charge >= 0.3 is 0 Å². The second-order valence-corrected chi connectivity index (χ2v) is 10.5. The molecule has 1 aliphatic heterocycles. The molecule has 2 heterocycles. The molecule has 1 saturated heterocycles. The van der Waals surface area contributed by atoms with E-state index in [2.05, 4.69) is 42.2 Å². The first kappa shape index (κ1) is 25.0. The van der Waals surface area contributed by atoms with Crippen molar-refractivity contribution in [1.29, 1.82) is 0 Å². The van der Waals surface area contributed by atoms with E-state index in [9.17, 15) is 9.59 Å². The Morgan fingerprint density at radius 2 is 1.94 bits per heavy atom. The Morgan fingerprint density at radius 3 is 2.68 bits per heavy atom. The van der Waals surface area contributed by atoms with Crippen LogP contribution in [-0.4, -0.2) is 51.3 Å². The smallest absolute Gasteiger partial charge is 0.223 e. The first-order chi connectivity index (χ1) is 16.3. The van der Waals surface area contributed by atoms with Crippen LogP contribution in [0.1, 0.15) is 41.9 Å². The highest BCUT2D eigenvalue weighted by atomic mass is 79.9. The van der Waals surface area contributed by atoms with E-state index in [1.54, 1.807) is 34.0 Å². The maximum atomic E-state index is 13.2. The van der Waals surface area contributed by atoms with Crippen LogP contribution in [0.4, 0.5) is 0 Å². The average Bonchev–Trinajstić information content (AvgIpc) is 3.31. The van der Waals surface area contributed by atoms with Gasteiger partial charge in [0.1, 0.15) is 11.7 Å². The van der Waals surface area contributed by atoms with Crippen LogP contribution < -0.4 is 0 Å². The Kier molecular flexibility index (Phi) is 8.18. The lowest BCUT2D eigenvalue weighted by atomic mass is 9.96. The number of rotatable bonds is 7. The lowest BCUT2D eigenvalue weighted by Gasteiger charge is -2.35. The maximum absolute atomic E-state index is 13.2. The van der Waals surface area contributed by atoms with Crippen LogP contribution in [0.5, 0.6) is 0 Å². The summed E-state index contributed by atoms with van der Waals surface area (Å²) in [6, 6.07) is 12.4. The largest absolute Gasteiger partial charge is 0.377 e. The highest BCUT2D eigenvalue weighted by Crippen LogP contribution is 2.28. The average molecular weight is 611 g/mol. The van der Waals surface area contributed by atoms with E-state index < -0.39 is 0 Å². The summed E-state index contributed by atoms with van der Waals surface area (Å²) >= 11 is 12.9. The van der Waals surface area contributed by atoms with Crippen molar-refractivity contribution in [1.82, 2.24) is 19.9 Å². The monoisotopic (exact) mass is 608 g/mol. The Balaban J connectivity index is 1.43. The Hall–Kier alpha value is -2.07. The van der Waals surface area contributed by atoms with E-state index in [0.29, 0.717) is 42.5 Å². The Morgan fingerprint density at radius 1 is 1.18 bits per heavy atom. The number of Topliss-reactive ketones (excluding diaryl/α,β-unsaturated/α-hetero) is 1. The van der Waals surface area contributed by atoms with Crippen LogP contribution in [0, 0.1) is 5.92 Å². The number of hydrogen-bond donors (Lipinski definition) is 0. The zero-order chi connectivity index (χ0) is 24.2. The summed E-state index contributed by atoms with van der Waals surface area (Å²) in [6.07, 6.45) is 2.39. The van der Waals surface area contributed by atoms with Crippen molar-refractivity contribution in [3.63, 3.8) is 0 Å². The fourth-order valence-electron chi connectivity index (χ4n) is 3.89. The van der Waals surface area contributed by atoms with Gasteiger partial charge < -0.3 is 9.64 Å². The van der Waals surface area contributed by atoms with E-state index in [1.165, 1.54) is 0 Å². The third-order valence-electron chi connectivity index (χ3n) is 5.69. The predicted octanol–water partition coefficient (Wildman–Crippen LogP) is 5.64. The third kappa shape index (κ3) is 5.94. The number of carbonyl (C=O) groups is 2. The summed E-state index contributed by atoms with van der Waals surface area (Å²) in [5.41, 5.74) is 2.10. The number of benzene rings is 2. The molecule has 178 valence electrons. The van der Waals surface area contributed by atoms with Gasteiger partial charge in [-0.15, -0.1) is 5.10 Å². The van der Waals surface area contributed by atoms with Gasteiger partial charge in [0.05, 0.1) is 30.1 Å². The molecule has 34 heavy (non-hydrogen) atoms. The van der Waals surface area contributed by atoms with E-state index in [4.69, 9.17) is 16.3 Å². The molecule has 0 radical (unpaired) electrons. The topological polar surface area (TPSA) is 77.3 Å². The minimum atomic E-state index is -0.333. The van der Waals surface area contributed by atoms with Crippen LogP contribution in [0.15, 0.2) is 57.6 Å². The molecule has 2 unspecified atom stereocenters. The molecule has 7 nitrogen and oxygen atoms in total. The highest BCUT2D eigenvalue weighted by Gasteiger charge is 2.31. The second-order valence-electron chi connectivity index (χ2n) is 8.31. The van der Waals surface area contributed by atoms with E-state index >= 15 is 0 Å². The van der Waals surface area contributed by atoms with Gasteiger partial charge in [-0.05, 0) is 52.2 Å². The van der Waals surface area contributed by atoms with Crippen molar-refractivity contribution >= 4 is 55.2 Å². The van der Waals surface area contributed by atoms with Crippen molar-refractivity contribution in [3.05, 3.63) is 73.9 Å². The molecule has 1 aromatic heterocycles. The van der Waals surface area contributed by atoms with Crippen LogP contribution >= 0.6 is 43.5 Å². The number of aromatic nitrogens is 3. The van der Waals surface area contributed by atoms with Crippen molar-refractivity contribution in [2.24, 2.45) is 5.92 Å². The molecule has 1 fully saturated rings. The highest BCUT2D eigenvalue weighted by molar-refractivity contribution is 9.10. The van der Waals surface area contributed by atoms with Crippen molar-refractivity contribution in [2.45, 2.75) is 25.8 Å². The molecule has 4 rings (SSSR count). The number of halogens is 3. The van der Waals surface area contributed by atoms with E-state index in [0.717, 1.165) is 14.6 Å². The lowest BCUT2D eigenvalue weighted by molar-refractivity contribution is -0.141. The zero-order valence-electron chi connectivity index (χ0n) is 18.5. The van der Waals surface area contributed by atoms with Gasteiger partial charge in [0.25, 0.3) is 0 Å². The first-order valence-electron chi connectivity index (χ1n) is 10.9. The summed E-state index contributed by atoms with van der Waals surface area (Å²) < 4.78 is 8.98. The third-order valence-corrected chi connectivity index (χ3v) is 7.43. The number of hydrogen-bond acceptors (Lipinski definition) is 5. The first-order valence-corrected chi connectivity index (χ1v) is 12.8. The van der Waals surface area contributed by atoms with E-state index in [1.807, 2.05) is 31.2 Å². The molecule has 3 aromatic rings. The van der Waals surface area contributed by atoms with Gasteiger partial charge in [-0.2, -0.15) is 0 Å². The number of carbonyl (C=O) groups excluding carboxylic acids is 2. The van der Waals surface area contributed by atoms with Gasteiger partial charge in [0.15, 0.2) is 5.78 Å². The molecule has 0 saturated carbocycles. The number of morpholine rings is 1. The molecule has 0 aliphatic carbocycles. The zero-order valence-corrected chi connectivity index (χ0v) is 22.4. The van der Waals surface area contributed by atoms with Crippen LogP contribution in [0.3, 0.4) is 0 Å². The number of ether oxygens (including phenoxy) is 1. The summed E-state index contributed by atoms with van der Waals surface area (Å²) in [5, 5.41) is 9.14. The van der Waals surface area contributed by atoms with Gasteiger partial charge in [0.2, 0.25) is 5.91 Å². The SMILES string of the molecule is CC(CC(=O)c1ccc(Br)cc1)CC(=O)N1CCOCC1c1cn(-c2ccc(Cl)c(Br)c2)nn1. The second kappa shape index (κ2) is 11.1. The normalized spacial score (nSPS) is 16.9. The molecule has 1 aliphatic rings. The van der Waals surface area contributed by atoms with Crippen molar-refractivity contribution < 1.29 is 14.3 Å². The number of amides is 1. The molecular formula is C24H23Br2ClN4O3. The quantitative estimate of drug-likeness (QED) is 0.324. The van der Waals surface area contributed by atoms with Gasteiger partial charge in [-0.1, -0.05) is 51.8 Å². The Labute approximate surface area is 219 Å². The predicted molar refractivity (Wildman–Crippen MR) is 136 cm³/mol. The van der Waals surface area contributed by atoms with Gasteiger partial charge in [-0.3, -0.25) is 9.59 Å². The van der Waals surface area contributed by atoms with Gasteiger partial charge in [-0.25, -0.2) is 4.68 Å². The molecule has 0 bridgehead atoms. The summed E-state index contributed by atoms with van der Waals surface area (Å²) in [4.78, 5) is 27.6. The number of nitrogens with zero attached hydrogens (tertiary/aromatic N) is 4. The summed E-state index contributed by atoms with van der Waals surface area (Å²) in [6.45, 7) is 3.21. The number of ketones is 1. The Bertz CT molecular complexity index is 1190. The van der Waals surface area contributed by atoms with Crippen molar-refractivity contribution in [2.75, 3.05) is 19.8 Å². The van der Waals surface area contributed by atoms with Crippen LogP contribution in [-0.2, 0) is 9.53 Å². The van der Waals surface area contributed by atoms with E-state index in [-0.39, 0.29) is 30.1 Å². The maximum Gasteiger partial charge on any atom is 0.223 e. The minimum Gasteiger partial charge on any atom is -0.377 e. The van der Waals surface area contributed by atoms with Gasteiger partial charge in [0, 0.05) is 33.9 Å². The molecule has 2 atom stereocenters. The summed E-state index contributed by atoms with van der Waals surface area (Å²) in [5.74, 6) is -0.0779.